The fourth-order valence-corrected chi connectivity index (χ4v) is 1.20. The SMILES string of the molecule is CNc1cc(OC)cc(C)c1C. The molecule has 0 atom stereocenters. The highest BCUT2D eigenvalue weighted by molar-refractivity contribution is 5.57. The van der Waals surface area contributed by atoms with Gasteiger partial charge in [0.15, 0.2) is 0 Å². The Labute approximate surface area is 73.6 Å². The van der Waals surface area contributed by atoms with Crippen molar-refractivity contribution >= 4 is 5.69 Å². The summed E-state index contributed by atoms with van der Waals surface area (Å²) in [6, 6.07) is 4.04. The molecule has 1 rings (SSSR count). The zero-order chi connectivity index (χ0) is 9.14. The van der Waals surface area contributed by atoms with Gasteiger partial charge in [0.05, 0.1) is 7.11 Å². The van der Waals surface area contributed by atoms with Gasteiger partial charge < -0.3 is 10.1 Å². The second kappa shape index (κ2) is 3.48. The number of hydrogen-bond acceptors (Lipinski definition) is 2. The molecule has 0 saturated heterocycles. The largest absolute Gasteiger partial charge is 0.497 e. The highest BCUT2D eigenvalue weighted by atomic mass is 16.5. The van der Waals surface area contributed by atoms with Crippen molar-refractivity contribution in [3.63, 3.8) is 0 Å². The van der Waals surface area contributed by atoms with Crippen molar-refractivity contribution in [2.45, 2.75) is 13.8 Å². The van der Waals surface area contributed by atoms with E-state index in [9.17, 15) is 0 Å². The Hall–Kier alpha value is -1.18. The van der Waals surface area contributed by atoms with Crippen molar-refractivity contribution in [1.29, 1.82) is 0 Å². The van der Waals surface area contributed by atoms with E-state index < -0.39 is 0 Å². The van der Waals surface area contributed by atoms with Gasteiger partial charge in [0.25, 0.3) is 0 Å². The van der Waals surface area contributed by atoms with Crippen LogP contribution in [0.25, 0.3) is 0 Å². The third kappa shape index (κ3) is 1.52. The van der Waals surface area contributed by atoms with E-state index in [-0.39, 0.29) is 0 Å². The van der Waals surface area contributed by atoms with Crippen LogP contribution < -0.4 is 10.1 Å². The smallest absolute Gasteiger partial charge is 0.121 e. The lowest BCUT2D eigenvalue weighted by atomic mass is 10.1. The molecule has 1 aromatic carbocycles. The second-order valence-electron chi connectivity index (χ2n) is 2.87. The number of rotatable bonds is 2. The number of anilines is 1. The quantitative estimate of drug-likeness (QED) is 0.726. The summed E-state index contributed by atoms with van der Waals surface area (Å²) in [7, 11) is 3.60. The van der Waals surface area contributed by atoms with Gasteiger partial charge in [-0.3, -0.25) is 0 Å². The standard InChI is InChI=1S/C10H15NO/c1-7-5-9(12-4)6-10(11-3)8(7)2/h5-6,11H,1-4H3. The molecule has 2 heteroatoms. The van der Waals surface area contributed by atoms with Gasteiger partial charge in [0, 0.05) is 18.8 Å². The van der Waals surface area contributed by atoms with Crippen LogP contribution in [-0.4, -0.2) is 14.2 Å². The summed E-state index contributed by atoms with van der Waals surface area (Å²) in [5.41, 5.74) is 3.66. The Morgan fingerprint density at radius 1 is 1.25 bits per heavy atom. The van der Waals surface area contributed by atoms with Crippen LogP contribution in [0.15, 0.2) is 12.1 Å². The van der Waals surface area contributed by atoms with Crippen molar-refractivity contribution in [3.8, 4) is 5.75 Å². The number of ether oxygens (including phenoxy) is 1. The Balaban J connectivity index is 3.19. The first-order chi connectivity index (χ1) is 5.69. The minimum atomic E-state index is 0.905. The summed E-state index contributed by atoms with van der Waals surface area (Å²) in [5, 5.41) is 3.13. The predicted molar refractivity (Wildman–Crippen MR) is 52.0 cm³/mol. The second-order valence-corrected chi connectivity index (χ2v) is 2.87. The molecule has 2 nitrogen and oxygen atoms in total. The maximum Gasteiger partial charge on any atom is 0.121 e. The first kappa shape index (κ1) is 8.91. The molecule has 0 aliphatic carbocycles. The number of hydrogen-bond donors (Lipinski definition) is 1. The molecule has 0 saturated carbocycles. The van der Waals surface area contributed by atoms with Gasteiger partial charge in [-0.05, 0) is 31.0 Å². The van der Waals surface area contributed by atoms with E-state index >= 15 is 0 Å². The monoisotopic (exact) mass is 165 g/mol. The van der Waals surface area contributed by atoms with E-state index in [0.29, 0.717) is 0 Å². The maximum absolute atomic E-state index is 5.15. The third-order valence-corrected chi connectivity index (χ3v) is 2.15. The van der Waals surface area contributed by atoms with E-state index in [1.807, 2.05) is 19.2 Å². The summed E-state index contributed by atoms with van der Waals surface area (Å²) in [6.45, 7) is 4.18. The Morgan fingerprint density at radius 2 is 1.92 bits per heavy atom. The Morgan fingerprint density at radius 3 is 2.42 bits per heavy atom. The van der Waals surface area contributed by atoms with Crippen LogP contribution >= 0.6 is 0 Å². The van der Waals surface area contributed by atoms with Gasteiger partial charge in [0.2, 0.25) is 0 Å². The molecular weight excluding hydrogens is 150 g/mol. The first-order valence-corrected chi connectivity index (χ1v) is 4.02. The molecule has 66 valence electrons. The molecule has 0 unspecified atom stereocenters. The van der Waals surface area contributed by atoms with Crippen molar-refractivity contribution in [1.82, 2.24) is 0 Å². The van der Waals surface area contributed by atoms with Crippen LogP contribution in [0.2, 0.25) is 0 Å². The number of methoxy groups -OCH3 is 1. The lowest BCUT2D eigenvalue weighted by Gasteiger charge is -2.10. The average Bonchev–Trinajstić information content (AvgIpc) is 2.09. The van der Waals surface area contributed by atoms with Crippen LogP contribution in [0.4, 0.5) is 5.69 Å². The highest BCUT2D eigenvalue weighted by Crippen LogP contribution is 2.24. The summed E-state index contributed by atoms with van der Waals surface area (Å²) in [4.78, 5) is 0. The highest BCUT2D eigenvalue weighted by Gasteiger charge is 2.02. The fraction of sp³-hybridized carbons (Fsp3) is 0.400. The van der Waals surface area contributed by atoms with E-state index in [2.05, 4.69) is 19.2 Å². The molecule has 0 aliphatic rings. The summed E-state index contributed by atoms with van der Waals surface area (Å²) in [6.07, 6.45) is 0. The molecule has 0 radical (unpaired) electrons. The van der Waals surface area contributed by atoms with Crippen molar-refractivity contribution in [2.24, 2.45) is 0 Å². The zero-order valence-corrected chi connectivity index (χ0v) is 8.06. The average molecular weight is 165 g/mol. The van der Waals surface area contributed by atoms with Crippen LogP contribution in [-0.2, 0) is 0 Å². The van der Waals surface area contributed by atoms with Gasteiger partial charge in [-0.1, -0.05) is 0 Å². The molecule has 0 amide bonds. The summed E-state index contributed by atoms with van der Waals surface area (Å²) < 4.78 is 5.15. The molecule has 0 fully saturated rings. The zero-order valence-electron chi connectivity index (χ0n) is 8.06. The lowest BCUT2D eigenvalue weighted by molar-refractivity contribution is 0.414. The third-order valence-electron chi connectivity index (χ3n) is 2.15. The van der Waals surface area contributed by atoms with Crippen LogP contribution in [0.5, 0.6) is 5.75 Å². The summed E-state index contributed by atoms with van der Waals surface area (Å²) >= 11 is 0. The molecule has 0 aliphatic heterocycles. The predicted octanol–water partition coefficient (Wildman–Crippen LogP) is 2.35. The number of benzene rings is 1. The molecule has 0 heterocycles. The van der Waals surface area contributed by atoms with E-state index in [1.54, 1.807) is 7.11 Å². The fourth-order valence-electron chi connectivity index (χ4n) is 1.20. The summed E-state index contributed by atoms with van der Waals surface area (Å²) in [5.74, 6) is 0.905. The topological polar surface area (TPSA) is 21.3 Å². The van der Waals surface area contributed by atoms with Gasteiger partial charge in [-0.2, -0.15) is 0 Å². The van der Waals surface area contributed by atoms with E-state index in [1.165, 1.54) is 11.1 Å². The molecule has 0 spiro atoms. The first-order valence-electron chi connectivity index (χ1n) is 4.02. The van der Waals surface area contributed by atoms with Crippen molar-refractivity contribution in [2.75, 3.05) is 19.5 Å². The minimum absolute atomic E-state index is 0.905. The number of nitrogens with one attached hydrogen (secondary N) is 1. The van der Waals surface area contributed by atoms with E-state index in [4.69, 9.17) is 4.74 Å². The molecule has 0 bridgehead atoms. The lowest BCUT2D eigenvalue weighted by Crippen LogP contribution is -1.95. The van der Waals surface area contributed by atoms with Gasteiger partial charge in [-0.15, -0.1) is 0 Å². The van der Waals surface area contributed by atoms with Crippen molar-refractivity contribution < 1.29 is 4.74 Å². The molecule has 1 N–H and O–H groups in total. The molecule has 0 aromatic heterocycles. The number of aryl methyl sites for hydroxylation is 1. The Bertz CT molecular complexity index is 281. The maximum atomic E-state index is 5.15. The Kier molecular flexibility index (Phi) is 2.58. The normalized spacial score (nSPS) is 9.67. The molecule has 12 heavy (non-hydrogen) atoms. The minimum Gasteiger partial charge on any atom is -0.497 e. The van der Waals surface area contributed by atoms with Gasteiger partial charge in [0.1, 0.15) is 5.75 Å². The molecule has 1 aromatic rings. The van der Waals surface area contributed by atoms with Gasteiger partial charge in [-0.25, -0.2) is 0 Å². The van der Waals surface area contributed by atoms with Crippen molar-refractivity contribution in [3.05, 3.63) is 23.3 Å². The van der Waals surface area contributed by atoms with Gasteiger partial charge >= 0.3 is 0 Å². The van der Waals surface area contributed by atoms with Crippen LogP contribution in [0.3, 0.4) is 0 Å². The van der Waals surface area contributed by atoms with Crippen LogP contribution in [0.1, 0.15) is 11.1 Å². The van der Waals surface area contributed by atoms with E-state index in [0.717, 1.165) is 11.4 Å². The molecular formula is C10H15NO. The van der Waals surface area contributed by atoms with Crippen LogP contribution in [0, 0.1) is 13.8 Å².